The number of hydrogen-bond donors (Lipinski definition) is 1. The molecule has 1 aliphatic rings. The van der Waals surface area contributed by atoms with Crippen LogP contribution in [-0.2, 0) is 9.59 Å². The van der Waals surface area contributed by atoms with Crippen molar-refractivity contribution in [2.45, 2.75) is 13.3 Å². The second-order valence-electron chi connectivity index (χ2n) is 4.45. The van der Waals surface area contributed by atoms with E-state index in [1.54, 1.807) is 6.08 Å². The standard InChI is InChI=1S/C15H15NO4S2/c1-2-20-11-6-4-3-5-10(11)9-12-14(19)16(15(21)22-12)8-7-13(17)18/h3-6,9H,2,7-8H2,1H3,(H,17,18)/b12-9+. The SMILES string of the molecule is CCOc1ccccc1/C=C1/SC(=S)N(CCC(=O)O)C1=O. The van der Waals surface area contributed by atoms with Gasteiger partial charge in [-0.25, -0.2) is 0 Å². The molecule has 0 unspecified atom stereocenters. The monoisotopic (exact) mass is 337 g/mol. The van der Waals surface area contributed by atoms with E-state index in [1.807, 2.05) is 31.2 Å². The number of carbonyl (C=O) groups excluding carboxylic acids is 1. The molecule has 1 N–H and O–H groups in total. The summed E-state index contributed by atoms with van der Waals surface area (Å²) in [5.41, 5.74) is 0.795. The van der Waals surface area contributed by atoms with Gasteiger partial charge in [-0.3, -0.25) is 14.5 Å². The molecule has 1 aromatic rings. The fraction of sp³-hybridized carbons (Fsp3) is 0.267. The molecule has 7 heteroatoms. The van der Waals surface area contributed by atoms with Gasteiger partial charge < -0.3 is 9.84 Å². The zero-order valence-electron chi connectivity index (χ0n) is 11.9. The molecule has 0 aromatic heterocycles. The van der Waals surface area contributed by atoms with Gasteiger partial charge in [0.05, 0.1) is 17.9 Å². The molecule has 5 nitrogen and oxygen atoms in total. The van der Waals surface area contributed by atoms with Crippen LogP contribution in [0.15, 0.2) is 29.2 Å². The van der Waals surface area contributed by atoms with Crippen LogP contribution < -0.4 is 4.74 Å². The van der Waals surface area contributed by atoms with Gasteiger partial charge in [0, 0.05) is 12.1 Å². The molecule has 1 fully saturated rings. The number of hydrogen-bond acceptors (Lipinski definition) is 5. The molecular formula is C15H15NO4S2. The van der Waals surface area contributed by atoms with Crippen LogP contribution in [0.2, 0.25) is 0 Å². The summed E-state index contributed by atoms with van der Waals surface area (Å²) in [6.07, 6.45) is 1.60. The minimum atomic E-state index is -0.959. The van der Waals surface area contributed by atoms with Crippen molar-refractivity contribution >= 4 is 46.3 Å². The van der Waals surface area contributed by atoms with Gasteiger partial charge in [-0.1, -0.05) is 42.2 Å². The van der Waals surface area contributed by atoms with E-state index in [2.05, 4.69) is 0 Å². The Labute approximate surface area is 137 Å². The maximum absolute atomic E-state index is 12.3. The van der Waals surface area contributed by atoms with Gasteiger partial charge in [-0.05, 0) is 19.1 Å². The van der Waals surface area contributed by atoms with Gasteiger partial charge in [0.15, 0.2) is 0 Å². The number of amides is 1. The van der Waals surface area contributed by atoms with Crippen LogP contribution in [0.4, 0.5) is 0 Å². The molecule has 1 aromatic carbocycles. The Kier molecular flexibility index (Phi) is 5.57. The van der Waals surface area contributed by atoms with Crippen LogP contribution in [0, 0.1) is 0 Å². The Morgan fingerprint density at radius 3 is 2.86 bits per heavy atom. The average molecular weight is 337 g/mol. The first kappa shape index (κ1) is 16.5. The Hall–Kier alpha value is -1.86. The third-order valence-corrected chi connectivity index (χ3v) is 4.31. The van der Waals surface area contributed by atoms with Gasteiger partial charge in [0.2, 0.25) is 0 Å². The van der Waals surface area contributed by atoms with Gasteiger partial charge in [-0.15, -0.1) is 0 Å². The van der Waals surface area contributed by atoms with Crippen molar-refractivity contribution in [3.05, 3.63) is 34.7 Å². The minimum absolute atomic E-state index is 0.0877. The first-order valence-electron chi connectivity index (χ1n) is 6.72. The van der Waals surface area contributed by atoms with Crippen molar-refractivity contribution in [1.29, 1.82) is 0 Å². The van der Waals surface area contributed by atoms with E-state index >= 15 is 0 Å². The van der Waals surface area contributed by atoms with Crippen LogP contribution in [-0.4, -0.2) is 39.4 Å². The van der Waals surface area contributed by atoms with Crippen LogP contribution in [0.5, 0.6) is 5.75 Å². The highest BCUT2D eigenvalue weighted by molar-refractivity contribution is 8.26. The highest BCUT2D eigenvalue weighted by atomic mass is 32.2. The Morgan fingerprint density at radius 1 is 1.45 bits per heavy atom. The second-order valence-corrected chi connectivity index (χ2v) is 6.12. The summed E-state index contributed by atoms with van der Waals surface area (Å²) in [6.45, 7) is 2.51. The summed E-state index contributed by atoms with van der Waals surface area (Å²) in [6, 6.07) is 7.41. The number of nitrogens with zero attached hydrogens (tertiary/aromatic N) is 1. The molecule has 2 rings (SSSR count). The van der Waals surface area contributed by atoms with Crippen molar-refractivity contribution in [2.75, 3.05) is 13.2 Å². The molecular weight excluding hydrogens is 322 g/mol. The molecule has 0 aliphatic carbocycles. The van der Waals surface area contributed by atoms with Gasteiger partial charge in [-0.2, -0.15) is 0 Å². The number of thioether (sulfide) groups is 1. The van der Waals surface area contributed by atoms with E-state index in [-0.39, 0.29) is 18.9 Å². The van der Waals surface area contributed by atoms with Crippen molar-refractivity contribution in [3.63, 3.8) is 0 Å². The van der Waals surface area contributed by atoms with E-state index in [9.17, 15) is 9.59 Å². The largest absolute Gasteiger partial charge is 0.493 e. The molecule has 1 amide bonds. The lowest BCUT2D eigenvalue weighted by Gasteiger charge is -2.12. The van der Waals surface area contributed by atoms with Gasteiger partial charge in [0.25, 0.3) is 5.91 Å². The molecule has 0 bridgehead atoms. The molecule has 1 saturated heterocycles. The number of aliphatic carboxylic acids is 1. The van der Waals surface area contributed by atoms with Gasteiger partial charge in [0.1, 0.15) is 10.1 Å². The summed E-state index contributed by atoms with van der Waals surface area (Å²) < 4.78 is 5.91. The highest BCUT2D eigenvalue weighted by Crippen LogP contribution is 2.34. The number of benzene rings is 1. The van der Waals surface area contributed by atoms with Crippen LogP contribution in [0.3, 0.4) is 0 Å². The number of rotatable bonds is 6. The summed E-state index contributed by atoms with van der Waals surface area (Å²) in [7, 11) is 0. The first-order valence-corrected chi connectivity index (χ1v) is 7.94. The first-order chi connectivity index (χ1) is 10.5. The van der Waals surface area contributed by atoms with Crippen molar-refractivity contribution in [3.8, 4) is 5.75 Å². The van der Waals surface area contributed by atoms with Crippen LogP contribution >= 0.6 is 24.0 Å². The number of thiocarbonyl (C=S) groups is 1. The maximum atomic E-state index is 12.3. The lowest BCUT2D eigenvalue weighted by molar-refractivity contribution is -0.137. The Morgan fingerprint density at radius 2 is 2.18 bits per heavy atom. The van der Waals surface area contributed by atoms with Crippen LogP contribution in [0.25, 0.3) is 6.08 Å². The molecule has 0 atom stereocenters. The molecule has 22 heavy (non-hydrogen) atoms. The Bertz CT molecular complexity index is 642. The topological polar surface area (TPSA) is 66.8 Å². The number of carboxylic acid groups (broad SMARTS) is 1. The van der Waals surface area contributed by atoms with E-state index in [0.29, 0.717) is 21.6 Å². The molecule has 0 radical (unpaired) electrons. The maximum Gasteiger partial charge on any atom is 0.305 e. The third-order valence-electron chi connectivity index (χ3n) is 2.93. The lowest BCUT2D eigenvalue weighted by Crippen LogP contribution is -2.30. The molecule has 1 heterocycles. The van der Waals surface area contributed by atoms with Crippen molar-refractivity contribution < 1.29 is 19.4 Å². The Balaban J connectivity index is 2.21. The molecule has 116 valence electrons. The number of carboxylic acids is 1. The average Bonchev–Trinajstić information content (AvgIpc) is 2.73. The lowest BCUT2D eigenvalue weighted by atomic mass is 10.2. The zero-order valence-corrected chi connectivity index (χ0v) is 13.6. The predicted molar refractivity (Wildman–Crippen MR) is 89.7 cm³/mol. The number of ether oxygens (including phenoxy) is 1. The quantitative estimate of drug-likeness (QED) is 0.636. The molecule has 1 aliphatic heterocycles. The minimum Gasteiger partial charge on any atom is -0.493 e. The van der Waals surface area contributed by atoms with E-state index < -0.39 is 5.97 Å². The van der Waals surface area contributed by atoms with Gasteiger partial charge >= 0.3 is 5.97 Å². The fourth-order valence-corrected chi connectivity index (χ4v) is 3.23. The highest BCUT2D eigenvalue weighted by Gasteiger charge is 2.32. The summed E-state index contributed by atoms with van der Waals surface area (Å²) in [4.78, 5) is 24.8. The predicted octanol–water partition coefficient (Wildman–Crippen LogP) is 2.76. The number of carbonyl (C=O) groups is 2. The summed E-state index contributed by atoms with van der Waals surface area (Å²) in [5.74, 6) is -0.525. The zero-order chi connectivity index (χ0) is 16.1. The van der Waals surface area contributed by atoms with E-state index in [0.717, 1.165) is 5.56 Å². The van der Waals surface area contributed by atoms with Crippen molar-refractivity contribution in [1.82, 2.24) is 4.90 Å². The van der Waals surface area contributed by atoms with E-state index in [1.165, 1.54) is 16.7 Å². The third kappa shape index (κ3) is 3.86. The summed E-state index contributed by atoms with van der Waals surface area (Å²) in [5, 5.41) is 8.72. The fourth-order valence-electron chi connectivity index (χ4n) is 1.93. The van der Waals surface area contributed by atoms with Crippen LogP contribution in [0.1, 0.15) is 18.9 Å². The summed E-state index contributed by atoms with van der Waals surface area (Å²) >= 11 is 6.33. The smallest absolute Gasteiger partial charge is 0.305 e. The molecule has 0 saturated carbocycles. The van der Waals surface area contributed by atoms with Crippen molar-refractivity contribution in [2.24, 2.45) is 0 Å². The normalized spacial score (nSPS) is 16.4. The number of para-hydroxylation sites is 1. The molecule has 0 spiro atoms. The van der Waals surface area contributed by atoms with E-state index in [4.69, 9.17) is 22.1 Å². The second kappa shape index (κ2) is 7.42.